The molecule has 3 rings (SSSR count). The van der Waals surface area contributed by atoms with E-state index in [-0.39, 0.29) is 0 Å². The van der Waals surface area contributed by atoms with E-state index in [0.717, 1.165) is 27.7 Å². The predicted octanol–water partition coefficient (Wildman–Crippen LogP) is 7.08. The van der Waals surface area contributed by atoms with Gasteiger partial charge in [-0.3, -0.25) is 0 Å². The third-order valence-electron chi connectivity index (χ3n) is 3.16. The van der Waals surface area contributed by atoms with Gasteiger partial charge >= 0.3 is 0 Å². The second-order valence-electron chi connectivity index (χ2n) is 4.79. The SMILES string of the molecule is CSc1nc(-c2cc(Cl)cc(Cl)c2)c(-c2cc(Cl)cc(Cl)c2)[nH]1. The van der Waals surface area contributed by atoms with E-state index in [2.05, 4.69) is 9.97 Å². The maximum absolute atomic E-state index is 6.12. The highest BCUT2D eigenvalue weighted by Gasteiger charge is 2.16. The normalized spacial score (nSPS) is 11.0. The fourth-order valence-corrected chi connectivity index (χ4v) is 3.69. The monoisotopic (exact) mass is 402 g/mol. The minimum absolute atomic E-state index is 0.552. The van der Waals surface area contributed by atoms with Crippen LogP contribution < -0.4 is 0 Å². The van der Waals surface area contributed by atoms with Gasteiger partial charge in [0.2, 0.25) is 0 Å². The van der Waals surface area contributed by atoms with E-state index in [4.69, 9.17) is 46.4 Å². The summed E-state index contributed by atoms with van der Waals surface area (Å²) < 4.78 is 0. The highest BCUT2D eigenvalue weighted by molar-refractivity contribution is 7.98. The van der Waals surface area contributed by atoms with Crippen LogP contribution in [0.2, 0.25) is 20.1 Å². The zero-order chi connectivity index (χ0) is 16.6. The molecular formula is C16H10Cl4N2S. The summed E-state index contributed by atoms with van der Waals surface area (Å²) in [6.45, 7) is 0. The molecule has 0 aliphatic carbocycles. The number of H-pyrrole nitrogens is 1. The summed E-state index contributed by atoms with van der Waals surface area (Å²) in [6.07, 6.45) is 1.95. The van der Waals surface area contributed by atoms with Gasteiger partial charge in [-0.05, 0) is 42.7 Å². The Morgan fingerprint density at radius 2 is 1.26 bits per heavy atom. The van der Waals surface area contributed by atoms with Crippen LogP contribution >= 0.6 is 58.2 Å². The molecule has 0 saturated carbocycles. The summed E-state index contributed by atoms with van der Waals surface area (Å²) in [5.41, 5.74) is 3.24. The average molecular weight is 404 g/mol. The van der Waals surface area contributed by atoms with Gasteiger partial charge in [-0.1, -0.05) is 58.2 Å². The topological polar surface area (TPSA) is 28.7 Å². The van der Waals surface area contributed by atoms with Crippen molar-refractivity contribution in [1.82, 2.24) is 9.97 Å². The molecule has 0 fully saturated rings. The van der Waals surface area contributed by atoms with E-state index in [1.807, 2.05) is 30.5 Å². The van der Waals surface area contributed by atoms with Gasteiger partial charge in [-0.2, -0.15) is 0 Å². The fourth-order valence-electron chi connectivity index (χ4n) is 2.25. The molecule has 1 N–H and O–H groups in total. The molecule has 0 spiro atoms. The molecule has 2 aromatic carbocycles. The number of aromatic nitrogens is 2. The third kappa shape index (κ3) is 3.81. The van der Waals surface area contributed by atoms with Crippen molar-refractivity contribution in [3.63, 3.8) is 0 Å². The molecule has 23 heavy (non-hydrogen) atoms. The van der Waals surface area contributed by atoms with Gasteiger partial charge < -0.3 is 4.98 Å². The first-order chi connectivity index (χ1) is 11.0. The maximum Gasteiger partial charge on any atom is 0.166 e. The summed E-state index contributed by atoms with van der Waals surface area (Å²) in [7, 11) is 0. The van der Waals surface area contributed by atoms with Crippen LogP contribution in [0.1, 0.15) is 0 Å². The first-order valence-corrected chi connectivity index (χ1v) is 9.27. The molecular weight excluding hydrogens is 394 g/mol. The molecule has 0 aliphatic rings. The molecule has 0 saturated heterocycles. The fraction of sp³-hybridized carbons (Fsp3) is 0.0625. The van der Waals surface area contributed by atoms with Crippen LogP contribution in [-0.2, 0) is 0 Å². The Kier molecular flexibility index (Phi) is 5.14. The summed E-state index contributed by atoms with van der Waals surface area (Å²) in [5, 5.41) is 3.00. The highest BCUT2D eigenvalue weighted by Crippen LogP contribution is 2.36. The van der Waals surface area contributed by atoms with E-state index in [0.29, 0.717) is 20.1 Å². The van der Waals surface area contributed by atoms with Gasteiger partial charge in [-0.15, -0.1) is 0 Å². The second kappa shape index (κ2) is 6.96. The zero-order valence-corrected chi connectivity index (χ0v) is 15.7. The molecule has 0 aliphatic heterocycles. The number of aromatic amines is 1. The van der Waals surface area contributed by atoms with Gasteiger partial charge in [0.15, 0.2) is 5.16 Å². The van der Waals surface area contributed by atoms with Gasteiger partial charge in [0, 0.05) is 31.2 Å². The minimum atomic E-state index is 0.552. The quantitative estimate of drug-likeness (QED) is 0.473. The lowest BCUT2D eigenvalue weighted by Crippen LogP contribution is -1.85. The standard InChI is InChI=1S/C16H10Cl4N2S/c1-23-16-21-14(8-2-10(17)6-11(18)3-8)15(22-16)9-4-12(19)7-13(20)5-9/h2-7H,1H3,(H,21,22). The lowest BCUT2D eigenvalue weighted by Gasteiger charge is -2.06. The number of nitrogens with one attached hydrogen (secondary N) is 1. The Hall–Kier alpha value is -0.840. The second-order valence-corrected chi connectivity index (χ2v) is 7.33. The zero-order valence-electron chi connectivity index (χ0n) is 11.8. The largest absolute Gasteiger partial charge is 0.332 e. The number of imidazole rings is 1. The van der Waals surface area contributed by atoms with Gasteiger partial charge in [-0.25, -0.2) is 4.98 Å². The Balaban J connectivity index is 2.23. The number of hydrogen-bond acceptors (Lipinski definition) is 2. The Labute approximate surface area is 158 Å². The first-order valence-electron chi connectivity index (χ1n) is 6.53. The van der Waals surface area contributed by atoms with Gasteiger partial charge in [0.05, 0.1) is 11.4 Å². The molecule has 0 radical (unpaired) electrons. The van der Waals surface area contributed by atoms with E-state index >= 15 is 0 Å². The summed E-state index contributed by atoms with van der Waals surface area (Å²) in [6, 6.07) is 10.7. The smallest absolute Gasteiger partial charge is 0.166 e. The Morgan fingerprint density at radius 1 is 0.783 bits per heavy atom. The van der Waals surface area contributed by atoms with Crippen molar-refractivity contribution in [2.75, 3.05) is 6.26 Å². The van der Waals surface area contributed by atoms with Crippen LogP contribution in [0.3, 0.4) is 0 Å². The Bertz CT molecular complexity index is 767. The molecule has 1 heterocycles. The molecule has 0 atom stereocenters. The molecule has 0 amide bonds. The van der Waals surface area contributed by atoms with Crippen LogP contribution in [0.15, 0.2) is 41.6 Å². The van der Waals surface area contributed by atoms with Crippen molar-refractivity contribution in [1.29, 1.82) is 0 Å². The van der Waals surface area contributed by atoms with Crippen molar-refractivity contribution >= 4 is 58.2 Å². The average Bonchev–Trinajstić information content (AvgIpc) is 2.89. The molecule has 118 valence electrons. The van der Waals surface area contributed by atoms with Crippen LogP contribution in [0.25, 0.3) is 22.5 Å². The van der Waals surface area contributed by atoms with Crippen molar-refractivity contribution in [3.8, 4) is 22.5 Å². The molecule has 2 nitrogen and oxygen atoms in total. The van der Waals surface area contributed by atoms with E-state index in [1.165, 1.54) is 11.8 Å². The number of rotatable bonds is 3. The van der Waals surface area contributed by atoms with Crippen LogP contribution in [0.4, 0.5) is 0 Å². The Morgan fingerprint density at radius 3 is 1.74 bits per heavy atom. The molecule has 0 bridgehead atoms. The van der Waals surface area contributed by atoms with Gasteiger partial charge in [0.25, 0.3) is 0 Å². The lowest BCUT2D eigenvalue weighted by molar-refractivity contribution is 1.07. The summed E-state index contributed by atoms with van der Waals surface area (Å²) in [4.78, 5) is 7.91. The predicted molar refractivity (Wildman–Crippen MR) is 101 cm³/mol. The van der Waals surface area contributed by atoms with Crippen molar-refractivity contribution in [3.05, 3.63) is 56.5 Å². The first kappa shape index (κ1) is 17.0. The number of halogens is 4. The van der Waals surface area contributed by atoms with Crippen LogP contribution in [0, 0.1) is 0 Å². The number of hydrogen-bond donors (Lipinski definition) is 1. The highest BCUT2D eigenvalue weighted by atomic mass is 35.5. The van der Waals surface area contributed by atoms with Crippen LogP contribution in [-0.4, -0.2) is 16.2 Å². The van der Waals surface area contributed by atoms with Gasteiger partial charge in [0.1, 0.15) is 0 Å². The van der Waals surface area contributed by atoms with Crippen molar-refractivity contribution in [2.45, 2.75) is 5.16 Å². The molecule has 1 aromatic heterocycles. The third-order valence-corrected chi connectivity index (χ3v) is 4.62. The van der Waals surface area contributed by atoms with Crippen LogP contribution in [0.5, 0.6) is 0 Å². The molecule has 0 unspecified atom stereocenters. The van der Waals surface area contributed by atoms with E-state index in [9.17, 15) is 0 Å². The summed E-state index contributed by atoms with van der Waals surface area (Å²) in [5.74, 6) is 0. The van der Waals surface area contributed by atoms with Crippen molar-refractivity contribution in [2.24, 2.45) is 0 Å². The minimum Gasteiger partial charge on any atom is -0.332 e. The number of benzene rings is 2. The van der Waals surface area contributed by atoms with Crippen molar-refractivity contribution < 1.29 is 0 Å². The molecule has 7 heteroatoms. The summed E-state index contributed by atoms with van der Waals surface area (Å²) >= 11 is 26.0. The number of thioether (sulfide) groups is 1. The van der Waals surface area contributed by atoms with E-state index < -0.39 is 0 Å². The van der Waals surface area contributed by atoms with E-state index in [1.54, 1.807) is 12.1 Å². The number of nitrogens with zero attached hydrogens (tertiary/aromatic N) is 1. The lowest BCUT2D eigenvalue weighted by atomic mass is 10.1. The maximum atomic E-state index is 6.12. The molecule has 3 aromatic rings.